The first-order valence-electron chi connectivity index (χ1n) is 2.19. The van der Waals surface area contributed by atoms with E-state index in [4.69, 9.17) is 0 Å². The zero-order valence-electron chi connectivity index (χ0n) is 4.54. The Hall–Kier alpha value is -0.360. The van der Waals surface area contributed by atoms with Crippen LogP contribution >= 0.6 is 15.9 Å². The minimum Gasteiger partial charge on any atom is -0.450 e. The van der Waals surface area contributed by atoms with Crippen molar-refractivity contribution < 1.29 is 16.7 Å². The zero-order chi connectivity index (χ0) is 7.78. The molecule has 1 aromatic heterocycles. The van der Waals surface area contributed by atoms with Crippen molar-refractivity contribution in [3.8, 4) is 0 Å². The van der Waals surface area contributed by atoms with Crippen LogP contribution in [0, 0.1) is 0 Å². The Morgan fingerprint density at radius 1 is 1.60 bits per heavy atom. The van der Waals surface area contributed by atoms with Crippen LogP contribution in [0.1, 0.15) is 0 Å². The fourth-order valence-corrected chi connectivity index (χ4v) is 1.71. The molecule has 0 N–H and O–H groups in total. The first kappa shape index (κ1) is 7.74. The van der Waals surface area contributed by atoms with Crippen LogP contribution in [0.2, 0.25) is 0 Å². The van der Waals surface area contributed by atoms with Crippen molar-refractivity contribution in [2.45, 2.75) is 5.09 Å². The average molecular weight is 229 g/mol. The van der Waals surface area contributed by atoms with Crippen LogP contribution in [0.4, 0.5) is 3.89 Å². The second kappa shape index (κ2) is 2.35. The molecule has 0 radical (unpaired) electrons. The van der Waals surface area contributed by atoms with E-state index >= 15 is 0 Å². The Morgan fingerprint density at radius 2 is 2.20 bits per heavy atom. The molecule has 0 aliphatic heterocycles. The molecule has 6 heteroatoms. The molecule has 0 fully saturated rings. The van der Waals surface area contributed by atoms with Crippen molar-refractivity contribution in [1.29, 1.82) is 0 Å². The highest BCUT2D eigenvalue weighted by molar-refractivity contribution is 9.10. The Balaban J connectivity index is 3.32. The van der Waals surface area contributed by atoms with E-state index in [2.05, 4.69) is 20.3 Å². The standard InChI is InChI=1S/C4H2BrFO3S/c5-3-1-2-9-4(3)10(6,7)8/h1-2H. The first-order chi connectivity index (χ1) is 4.52. The molecule has 0 saturated heterocycles. The summed E-state index contributed by atoms with van der Waals surface area (Å²) in [4.78, 5) is 0. The minimum atomic E-state index is -4.70. The van der Waals surface area contributed by atoms with E-state index in [0.29, 0.717) is 0 Å². The molecule has 0 aliphatic carbocycles. The highest BCUT2D eigenvalue weighted by atomic mass is 79.9. The SMILES string of the molecule is O=S(=O)(F)c1occc1Br. The van der Waals surface area contributed by atoms with Crippen LogP contribution in [0.15, 0.2) is 26.3 Å². The van der Waals surface area contributed by atoms with Crippen molar-refractivity contribution in [3.05, 3.63) is 16.8 Å². The quantitative estimate of drug-likeness (QED) is 0.688. The van der Waals surface area contributed by atoms with Gasteiger partial charge < -0.3 is 4.42 Å². The summed E-state index contributed by atoms with van der Waals surface area (Å²) in [6.45, 7) is 0. The van der Waals surface area contributed by atoms with Gasteiger partial charge in [-0.3, -0.25) is 0 Å². The van der Waals surface area contributed by atoms with Crippen molar-refractivity contribution in [1.82, 2.24) is 0 Å². The molecule has 0 bridgehead atoms. The third-order valence-corrected chi connectivity index (χ3v) is 2.45. The molecule has 1 heterocycles. The topological polar surface area (TPSA) is 47.3 Å². The number of hydrogen-bond acceptors (Lipinski definition) is 3. The summed E-state index contributed by atoms with van der Waals surface area (Å²) < 4.78 is 36.7. The van der Waals surface area contributed by atoms with Gasteiger partial charge in [0.05, 0.1) is 10.7 Å². The van der Waals surface area contributed by atoms with Gasteiger partial charge in [0.2, 0.25) is 0 Å². The lowest BCUT2D eigenvalue weighted by Crippen LogP contribution is -1.88. The van der Waals surface area contributed by atoms with Gasteiger partial charge in [0.25, 0.3) is 5.09 Å². The molecular formula is C4H2BrFO3S. The summed E-state index contributed by atoms with van der Waals surface area (Å²) in [7, 11) is -4.70. The summed E-state index contributed by atoms with van der Waals surface area (Å²) in [6, 6.07) is 1.30. The van der Waals surface area contributed by atoms with Crippen molar-refractivity contribution in [2.24, 2.45) is 0 Å². The molecule has 0 unspecified atom stereocenters. The van der Waals surface area contributed by atoms with Crippen molar-refractivity contribution in [3.63, 3.8) is 0 Å². The average Bonchev–Trinajstić information content (AvgIpc) is 2.11. The molecular weight excluding hydrogens is 227 g/mol. The van der Waals surface area contributed by atoms with Crippen LogP contribution < -0.4 is 0 Å². The van der Waals surface area contributed by atoms with E-state index in [1.54, 1.807) is 0 Å². The van der Waals surface area contributed by atoms with E-state index in [-0.39, 0.29) is 4.47 Å². The van der Waals surface area contributed by atoms with Crippen molar-refractivity contribution >= 4 is 26.2 Å². The Labute approximate surface area is 65.2 Å². The van der Waals surface area contributed by atoms with Crippen LogP contribution in [-0.4, -0.2) is 8.42 Å². The maximum atomic E-state index is 12.1. The number of hydrogen-bond donors (Lipinski definition) is 0. The van der Waals surface area contributed by atoms with E-state index < -0.39 is 15.3 Å². The highest BCUT2D eigenvalue weighted by Gasteiger charge is 2.19. The largest absolute Gasteiger partial charge is 0.450 e. The normalized spacial score (nSPS) is 11.8. The summed E-state index contributed by atoms with van der Waals surface area (Å²) in [5, 5.41) is -0.688. The number of halogens is 2. The van der Waals surface area contributed by atoms with Gasteiger partial charge in [-0.25, -0.2) is 0 Å². The second-order valence-corrected chi connectivity index (χ2v) is 3.59. The van der Waals surface area contributed by atoms with Gasteiger partial charge >= 0.3 is 10.2 Å². The molecule has 0 aromatic carbocycles. The molecule has 10 heavy (non-hydrogen) atoms. The molecule has 3 nitrogen and oxygen atoms in total. The lowest BCUT2D eigenvalue weighted by atomic mass is 10.7. The Morgan fingerprint density at radius 3 is 2.40 bits per heavy atom. The molecule has 0 saturated carbocycles. The summed E-state index contributed by atoms with van der Waals surface area (Å²) in [6.07, 6.45) is 1.08. The van der Waals surface area contributed by atoms with Gasteiger partial charge in [0.1, 0.15) is 0 Å². The monoisotopic (exact) mass is 228 g/mol. The lowest BCUT2D eigenvalue weighted by Gasteiger charge is -1.85. The predicted molar refractivity (Wildman–Crippen MR) is 34.7 cm³/mol. The lowest BCUT2D eigenvalue weighted by molar-refractivity contribution is 0.431. The molecule has 0 aliphatic rings. The third kappa shape index (κ3) is 1.38. The Kier molecular flexibility index (Phi) is 1.82. The maximum Gasteiger partial charge on any atom is 0.367 e. The molecule has 56 valence electrons. The van der Waals surface area contributed by atoms with Crippen LogP contribution in [0.25, 0.3) is 0 Å². The first-order valence-corrected chi connectivity index (χ1v) is 4.37. The summed E-state index contributed by atoms with van der Waals surface area (Å²) in [5.41, 5.74) is 0. The second-order valence-electron chi connectivity index (χ2n) is 1.49. The van der Waals surface area contributed by atoms with Gasteiger partial charge in [-0.05, 0) is 22.0 Å². The maximum absolute atomic E-state index is 12.1. The smallest absolute Gasteiger partial charge is 0.367 e. The fraction of sp³-hybridized carbons (Fsp3) is 0. The van der Waals surface area contributed by atoms with Gasteiger partial charge in [-0.1, -0.05) is 3.89 Å². The zero-order valence-corrected chi connectivity index (χ0v) is 6.95. The van der Waals surface area contributed by atoms with Gasteiger partial charge in [-0.15, -0.1) is 0 Å². The van der Waals surface area contributed by atoms with E-state index in [1.165, 1.54) is 6.07 Å². The molecule has 0 amide bonds. The number of furan rings is 1. The highest BCUT2D eigenvalue weighted by Crippen LogP contribution is 2.23. The molecule has 1 aromatic rings. The summed E-state index contributed by atoms with van der Waals surface area (Å²) in [5.74, 6) is 0. The number of rotatable bonds is 1. The van der Waals surface area contributed by atoms with Crippen LogP contribution in [-0.2, 0) is 10.2 Å². The molecule has 0 atom stereocenters. The van der Waals surface area contributed by atoms with Crippen molar-refractivity contribution in [2.75, 3.05) is 0 Å². The molecule has 1 rings (SSSR count). The molecule has 0 spiro atoms. The fourth-order valence-electron chi connectivity index (χ4n) is 0.454. The minimum absolute atomic E-state index is 0.0926. The van der Waals surface area contributed by atoms with E-state index in [9.17, 15) is 12.3 Å². The van der Waals surface area contributed by atoms with Gasteiger partial charge in [0.15, 0.2) is 0 Å². The van der Waals surface area contributed by atoms with E-state index in [1.807, 2.05) is 0 Å². The van der Waals surface area contributed by atoms with Crippen LogP contribution in [0.5, 0.6) is 0 Å². The third-order valence-electron chi connectivity index (χ3n) is 0.806. The van der Waals surface area contributed by atoms with Gasteiger partial charge in [0, 0.05) is 0 Å². The summed E-state index contributed by atoms with van der Waals surface area (Å²) >= 11 is 2.79. The Bertz CT molecular complexity index is 328. The van der Waals surface area contributed by atoms with E-state index in [0.717, 1.165) is 6.26 Å². The van der Waals surface area contributed by atoms with Gasteiger partial charge in [-0.2, -0.15) is 8.42 Å². The van der Waals surface area contributed by atoms with Crippen LogP contribution in [0.3, 0.4) is 0 Å². The predicted octanol–water partition coefficient (Wildman–Crippen LogP) is 1.70.